The largest absolute Gasteiger partial charge is 0.0620 e. The van der Waals surface area contributed by atoms with E-state index in [-0.39, 0.29) is 17.3 Å². The van der Waals surface area contributed by atoms with Crippen molar-refractivity contribution in [1.82, 2.24) is 0 Å². The fraction of sp³-hybridized carbons (Fsp3) is 0.538. The van der Waals surface area contributed by atoms with Gasteiger partial charge in [-0.1, -0.05) is 51.9 Å². The van der Waals surface area contributed by atoms with E-state index in [0.29, 0.717) is 0 Å². The predicted octanol–water partition coefficient (Wildman–Crippen LogP) is 3.72. The molecule has 13 heavy (non-hydrogen) atoms. The zero-order valence-electron chi connectivity index (χ0n) is 11.5. The van der Waals surface area contributed by atoms with Gasteiger partial charge in [-0.05, 0) is 28.4 Å². The number of fused-ring (bicyclic) bond motifs is 1. The lowest BCUT2D eigenvalue weighted by molar-refractivity contribution is 0.342. The van der Waals surface area contributed by atoms with Gasteiger partial charge in [0.05, 0.1) is 0 Å². The van der Waals surface area contributed by atoms with Crippen LogP contribution >= 0.6 is 0 Å². The van der Waals surface area contributed by atoms with Gasteiger partial charge in [0.1, 0.15) is 0 Å². The Morgan fingerprint density at radius 1 is 1.31 bits per heavy atom. The van der Waals surface area contributed by atoms with Crippen LogP contribution in [0.25, 0.3) is 0 Å². The molecule has 0 heteroatoms. The summed E-state index contributed by atoms with van der Waals surface area (Å²) < 4.78 is 23.2. The lowest BCUT2D eigenvalue weighted by Crippen LogP contribution is -2.22. The topological polar surface area (TPSA) is 0 Å². The number of rotatable bonds is 0. The zero-order chi connectivity index (χ0) is 12.1. The maximum atomic E-state index is 7.72. The van der Waals surface area contributed by atoms with Crippen LogP contribution in [0, 0.1) is 5.92 Å². The van der Waals surface area contributed by atoms with Gasteiger partial charge >= 0.3 is 0 Å². The predicted molar refractivity (Wildman–Crippen MR) is 57.0 cm³/mol. The first kappa shape index (κ1) is 5.85. The van der Waals surface area contributed by atoms with Crippen LogP contribution in [-0.2, 0) is 5.41 Å². The second kappa shape index (κ2) is 2.60. The van der Waals surface area contributed by atoms with E-state index in [2.05, 4.69) is 12.1 Å². The highest BCUT2D eigenvalue weighted by molar-refractivity contribution is 5.42. The van der Waals surface area contributed by atoms with Crippen molar-refractivity contribution in [2.45, 2.75) is 39.0 Å². The standard InChI is InChI=1S/C13H18/c1-9-10(2)13(3,4)12-8-6-5-7-11(9)12/h5-10H,1-4H3/t9-,10-/m0/s1/i2D3. The Balaban J connectivity index is 2.57. The third-order valence-electron chi connectivity index (χ3n) is 3.42. The summed E-state index contributed by atoms with van der Waals surface area (Å²) in [6.07, 6.45) is 0. The minimum absolute atomic E-state index is 0.110. The zero-order valence-corrected chi connectivity index (χ0v) is 8.46. The molecule has 0 amide bonds. The number of hydrogen-bond donors (Lipinski definition) is 0. The fourth-order valence-electron chi connectivity index (χ4n) is 2.45. The Morgan fingerprint density at radius 3 is 2.62 bits per heavy atom. The summed E-state index contributed by atoms with van der Waals surface area (Å²) in [4.78, 5) is 0. The quantitative estimate of drug-likeness (QED) is 0.566. The average molecular weight is 177 g/mol. The minimum Gasteiger partial charge on any atom is -0.0620 e. The molecule has 0 saturated carbocycles. The first-order valence-electron chi connectivity index (χ1n) is 6.35. The highest BCUT2D eigenvalue weighted by Gasteiger charge is 2.40. The van der Waals surface area contributed by atoms with Crippen LogP contribution < -0.4 is 0 Å². The molecule has 0 aliphatic heterocycles. The second-order valence-electron chi connectivity index (χ2n) is 4.58. The van der Waals surface area contributed by atoms with Crippen molar-refractivity contribution in [3.05, 3.63) is 35.4 Å². The van der Waals surface area contributed by atoms with E-state index in [9.17, 15) is 0 Å². The summed E-state index contributed by atoms with van der Waals surface area (Å²) in [7, 11) is 0. The molecule has 0 unspecified atom stereocenters. The molecule has 2 atom stereocenters. The summed E-state index contributed by atoms with van der Waals surface area (Å²) >= 11 is 0. The Labute approximate surface area is 85.2 Å². The normalized spacial score (nSPS) is 34.5. The summed E-state index contributed by atoms with van der Waals surface area (Å²) in [5.41, 5.74) is 2.14. The van der Waals surface area contributed by atoms with Crippen molar-refractivity contribution in [2.75, 3.05) is 0 Å². The highest BCUT2D eigenvalue weighted by Crippen LogP contribution is 2.49. The Bertz CT molecular complexity index is 404. The van der Waals surface area contributed by atoms with Gasteiger partial charge in [0, 0.05) is 4.11 Å². The third kappa shape index (κ3) is 1.04. The molecular weight excluding hydrogens is 156 g/mol. The molecule has 0 radical (unpaired) electrons. The van der Waals surface area contributed by atoms with Crippen LogP contribution in [0.15, 0.2) is 24.3 Å². The molecule has 1 aliphatic carbocycles. The summed E-state index contributed by atoms with van der Waals surface area (Å²) in [5.74, 6) is -0.170. The van der Waals surface area contributed by atoms with Crippen LogP contribution in [0.2, 0.25) is 0 Å². The highest BCUT2D eigenvalue weighted by atomic mass is 14.4. The van der Waals surface area contributed by atoms with Crippen molar-refractivity contribution < 1.29 is 4.11 Å². The van der Waals surface area contributed by atoms with Gasteiger partial charge in [-0.3, -0.25) is 0 Å². The molecular formula is C13H18. The molecule has 0 fully saturated rings. The van der Waals surface area contributed by atoms with Gasteiger partial charge in [-0.2, -0.15) is 0 Å². The monoisotopic (exact) mass is 177 g/mol. The summed E-state index contributed by atoms with van der Waals surface area (Å²) in [6.45, 7) is 4.24. The van der Waals surface area contributed by atoms with Gasteiger partial charge in [-0.25, -0.2) is 0 Å². The molecule has 0 saturated heterocycles. The third-order valence-corrected chi connectivity index (χ3v) is 3.42. The molecule has 1 aromatic carbocycles. The van der Waals surface area contributed by atoms with Crippen molar-refractivity contribution >= 4 is 0 Å². The van der Waals surface area contributed by atoms with Gasteiger partial charge < -0.3 is 0 Å². The van der Waals surface area contributed by atoms with E-state index in [1.807, 2.05) is 32.9 Å². The first-order chi connectivity index (χ1) is 7.26. The molecule has 0 heterocycles. The van der Waals surface area contributed by atoms with E-state index < -0.39 is 6.85 Å². The molecule has 1 aliphatic rings. The average Bonchev–Trinajstić information content (AvgIpc) is 2.34. The molecule has 0 spiro atoms. The molecule has 1 aromatic rings. The van der Waals surface area contributed by atoms with Crippen LogP contribution in [0.3, 0.4) is 0 Å². The Kier molecular flexibility index (Phi) is 1.17. The van der Waals surface area contributed by atoms with Gasteiger partial charge in [-0.15, -0.1) is 0 Å². The Morgan fingerprint density at radius 2 is 2.00 bits per heavy atom. The van der Waals surface area contributed by atoms with Crippen molar-refractivity contribution in [2.24, 2.45) is 5.92 Å². The number of hydrogen-bond acceptors (Lipinski definition) is 0. The van der Waals surface area contributed by atoms with Gasteiger partial charge in [0.2, 0.25) is 0 Å². The maximum Gasteiger partial charge on any atom is 0.0234 e. The lowest BCUT2D eigenvalue weighted by Gasteiger charge is -2.26. The van der Waals surface area contributed by atoms with E-state index >= 15 is 0 Å². The second-order valence-corrected chi connectivity index (χ2v) is 4.58. The summed E-state index contributed by atoms with van der Waals surface area (Å²) in [6, 6.07) is 8.12. The van der Waals surface area contributed by atoms with E-state index in [1.165, 1.54) is 11.1 Å². The van der Waals surface area contributed by atoms with E-state index in [0.717, 1.165) is 0 Å². The minimum atomic E-state index is -1.89. The molecule has 0 aromatic heterocycles. The van der Waals surface area contributed by atoms with Crippen molar-refractivity contribution in [3.8, 4) is 0 Å². The SMILES string of the molecule is [2H]C([2H])([2H])[C@H]1[C@H](C)c2ccccc2C1(C)C. The van der Waals surface area contributed by atoms with Crippen molar-refractivity contribution in [3.63, 3.8) is 0 Å². The van der Waals surface area contributed by atoms with Crippen LogP contribution in [0.1, 0.15) is 48.8 Å². The van der Waals surface area contributed by atoms with Crippen LogP contribution in [0.4, 0.5) is 0 Å². The summed E-state index contributed by atoms with van der Waals surface area (Å²) in [5, 5.41) is 0. The first-order valence-corrected chi connectivity index (χ1v) is 4.85. The van der Waals surface area contributed by atoms with Gasteiger partial charge in [0.25, 0.3) is 0 Å². The fourth-order valence-corrected chi connectivity index (χ4v) is 2.45. The van der Waals surface area contributed by atoms with Crippen LogP contribution in [0.5, 0.6) is 0 Å². The van der Waals surface area contributed by atoms with E-state index in [4.69, 9.17) is 4.11 Å². The molecule has 70 valence electrons. The van der Waals surface area contributed by atoms with Crippen molar-refractivity contribution in [1.29, 1.82) is 0 Å². The van der Waals surface area contributed by atoms with Gasteiger partial charge in [0.15, 0.2) is 0 Å². The smallest absolute Gasteiger partial charge is 0.0234 e. The molecule has 0 nitrogen and oxygen atoms in total. The maximum absolute atomic E-state index is 7.72. The Hall–Kier alpha value is -0.780. The lowest BCUT2D eigenvalue weighted by atomic mass is 9.78. The molecule has 2 rings (SSSR count). The molecule has 0 bridgehead atoms. The molecule has 0 N–H and O–H groups in total. The number of benzene rings is 1. The van der Waals surface area contributed by atoms with E-state index in [1.54, 1.807) is 0 Å². The van der Waals surface area contributed by atoms with Crippen LogP contribution in [-0.4, -0.2) is 0 Å².